The van der Waals surface area contributed by atoms with Crippen molar-refractivity contribution in [2.24, 2.45) is 0 Å². The van der Waals surface area contributed by atoms with Gasteiger partial charge in [-0.3, -0.25) is 9.59 Å². The van der Waals surface area contributed by atoms with Crippen LogP contribution >= 0.6 is 11.3 Å². The number of benzene rings is 1. The van der Waals surface area contributed by atoms with E-state index < -0.39 is 17.6 Å². The maximum atomic E-state index is 12.6. The molecule has 0 bridgehead atoms. The van der Waals surface area contributed by atoms with Crippen LogP contribution in [0.3, 0.4) is 0 Å². The van der Waals surface area contributed by atoms with Crippen molar-refractivity contribution in [3.8, 4) is 0 Å². The van der Waals surface area contributed by atoms with Crippen LogP contribution in [0, 0.1) is 0 Å². The molecule has 1 N–H and O–H groups in total. The molecule has 0 spiro atoms. The molecular weight excluding hydrogens is 327 g/mol. The fraction of sp³-hybridized carbons (Fsp3) is 0.250. The topological polar surface area (TPSA) is 46.2 Å². The van der Waals surface area contributed by atoms with Crippen molar-refractivity contribution in [3.63, 3.8) is 0 Å². The van der Waals surface area contributed by atoms with Gasteiger partial charge in [-0.25, -0.2) is 0 Å². The molecule has 1 heterocycles. The predicted molar refractivity (Wildman–Crippen MR) is 82.6 cm³/mol. The Bertz CT molecular complexity index is 681. The summed E-state index contributed by atoms with van der Waals surface area (Å²) in [5, 5.41) is 4.21. The van der Waals surface area contributed by atoms with Gasteiger partial charge >= 0.3 is 6.18 Å². The molecule has 0 aliphatic rings. The molecule has 23 heavy (non-hydrogen) atoms. The molecule has 1 amide bonds. The van der Waals surface area contributed by atoms with Crippen molar-refractivity contribution in [1.29, 1.82) is 0 Å². The Morgan fingerprint density at radius 1 is 1.09 bits per heavy atom. The van der Waals surface area contributed by atoms with Gasteiger partial charge in [0, 0.05) is 18.5 Å². The first-order valence-corrected chi connectivity index (χ1v) is 7.78. The van der Waals surface area contributed by atoms with Crippen LogP contribution in [0.1, 0.15) is 34.5 Å². The molecule has 0 saturated heterocycles. The fourth-order valence-corrected chi connectivity index (χ4v) is 2.66. The van der Waals surface area contributed by atoms with E-state index in [1.165, 1.54) is 23.5 Å². The largest absolute Gasteiger partial charge is 0.416 e. The summed E-state index contributed by atoms with van der Waals surface area (Å²) in [6.07, 6.45) is -3.79. The molecule has 0 fully saturated rings. The summed E-state index contributed by atoms with van der Waals surface area (Å²) in [5.74, 6) is -0.449. The van der Waals surface area contributed by atoms with E-state index in [4.69, 9.17) is 0 Å². The van der Waals surface area contributed by atoms with Crippen molar-refractivity contribution in [3.05, 3.63) is 52.2 Å². The second-order valence-corrected chi connectivity index (χ2v) is 5.83. The highest BCUT2D eigenvalue weighted by atomic mass is 32.1. The number of rotatable bonds is 6. The van der Waals surface area contributed by atoms with E-state index in [2.05, 4.69) is 5.32 Å². The Morgan fingerprint density at radius 2 is 1.87 bits per heavy atom. The minimum absolute atomic E-state index is 0.0353. The van der Waals surface area contributed by atoms with Gasteiger partial charge in [0.05, 0.1) is 10.4 Å². The number of carbonyl (C=O) groups excluding carboxylic acids is 2. The molecule has 0 unspecified atom stereocenters. The molecule has 7 heteroatoms. The number of hydrogen-bond donors (Lipinski definition) is 1. The van der Waals surface area contributed by atoms with Crippen LogP contribution in [0.2, 0.25) is 0 Å². The molecular formula is C16H14F3NO2S. The van der Waals surface area contributed by atoms with Gasteiger partial charge in [-0.1, -0.05) is 12.1 Å². The number of thiophene rings is 1. The van der Waals surface area contributed by atoms with Gasteiger partial charge in [0.2, 0.25) is 5.91 Å². The summed E-state index contributed by atoms with van der Waals surface area (Å²) < 4.78 is 37.7. The van der Waals surface area contributed by atoms with Gasteiger partial charge < -0.3 is 5.32 Å². The third-order valence-electron chi connectivity index (χ3n) is 3.08. The van der Waals surface area contributed by atoms with Crippen LogP contribution < -0.4 is 5.32 Å². The van der Waals surface area contributed by atoms with Crippen molar-refractivity contribution >= 4 is 28.7 Å². The number of ketones is 1. The van der Waals surface area contributed by atoms with E-state index in [0.717, 1.165) is 12.1 Å². The third-order valence-corrected chi connectivity index (χ3v) is 3.99. The molecule has 2 aromatic rings. The van der Waals surface area contributed by atoms with Crippen LogP contribution in [-0.4, -0.2) is 11.7 Å². The highest BCUT2D eigenvalue weighted by molar-refractivity contribution is 7.12. The number of anilines is 1. The maximum absolute atomic E-state index is 12.6. The van der Waals surface area contributed by atoms with E-state index in [1.807, 2.05) is 0 Å². The summed E-state index contributed by atoms with van der Waals surface area (Å²) in [5.41, 5.74) is -0.724. The molecule has 1 aromatic heterocycles. The zero-order valence-corrected chi connectivity index (χ0v) is 12.8. The molecule has 0 atom stereocenters. The fourth-order valence-electron chi connectivity index (χ4n) is 1.97. The molecule has 3 nitrogen and oxygen atoms in total. The second-order valence-electron chi connectivity index (χ2n) is 4.88. The van der Waals surface area contributed by atoms with Gasteiger partial charge in [0.1, 0.15) is 0 Å². The zero-order valence-electron chi connectivity index (χ0n) is 12.0. The summed E-state index contributed by atoms with van der Waals surface area (Å²) >= 11 is 1.34. The van der Waals surface area contributed by atoms with E-state index >= 15 is 0 Å². The van der Waals surface area contributed by atoms with E-state index in [9.17, 15) is 22.8 Å². The number of hydrogen-bond acceptors (Lipinski definition) is 3. The van der Waals surface area contributed by atoms with Gasteiger partial charge in [0.25, 0.3) is 0 Å². The standard InChI is InChI=1S/C16H14F3NO2S/c17-16(18,19)11-4-1-5-12(10-11)20-15(22)8-2-6-13(21)14-7-3-9-23-14/h1,3-5,7,9-10H,2,6,8H2,(H,20,22). The van der Waals surface area contributed by atoms with Gasteiger partial charge in [-0.2, -0.15) is 13.2 Å². The molecule has 0 aliphatic carbocycles. The summed E-state index contributed by atoms with van der Waals surface area (Å²) in [4.78, 5) is 24.1. The predicted octanol–water partition coefficient (Wildman–Crippen LogP) is 4.76. The average molecular weight is 341 g/mol. The third kappa shape index (κ3) is 5.21. The lowest BCUT2D eigenvalue weighted by molar-refractivity contribution is -0.137. The minimum atomic E-state index is -4.45. The second kappa shape index (κ2) is 7.41. The molecule has 1 aromatic carbocycles. The summed E-state index contributed by atoms with van der Waals surface area (Å²) in [6, 6.07) is 7.95. The van der Waals surface area contributed by atoms with Gasteiger partial charge in [0.15, 0.2) is 5.78 Å². The number of carbonyl (C=O) groups is 2. The van der Waals surface area contributed by atoms with Crippen molar-refractivity contribution in [2.75, 3.05) is 5.32 Å². The Balaban J connectivity index is 1.82. The monoisotopic (exact) mass is 341 g/mol. The number of alkyl halides is 3. The Kier molecular flexibility index (Phi) is 5.54. The first-order chi connectivity index (χ1) is 10.9. The molecule has 0 saturated carbocycles. The average Bonchev–Trinajstić information content (AvgIpc) is 3.00. The minimum Gasteiger partial charge on any atom is -0.326 e. The van der Waals surface area contributed by atoms with Crippen molar-refractivity contribution in [2.45, 2.75) is 25.4 Å². The van der Waals surface area contributed by atoms with Crippen LogP contribution in [-0.2, 0) is 11.0 Å². The first-order valence-electron chi connectivity index (χ1n) is 6.90. The van der Waals surface area contributed by atoms with Gasteiger partial charge in [-0.15, -0.1) is 11.3 Å². The summed E-state index contributed by atoms with van der Waals surface area (Å²) in [6.45, 7) is 0. The highest BCUT2D eigenvalue weighted by Gasteiger charge is 2.30. The highest BCUT2D eigenvalue weighted by Crippen LogP contribution is 2.30. The van der Waals surface area contributed by atoms with Crippen LogP contribution in [0.5, 0.6) is 0 Å². The maximum Gasteiger partial charge on any atom is 0.416 e. The molecule has 0 radical (unpaired) electrons. The van der Waals surface area contributed by atoms with Crippen LogP contribution in [0.25, 0.3) is 0 Å². The number of amides is 1. The van der Waals surface area contributed by atoms with E-state index in [-0.39, 0.29) is 24.3 Å². The lowest BCUT2D eigenvalue weighted by Crippen LogP contribution is -2.13. The Hall–Kier alpha value is -2.15. The van der Waals surface area contributed by atoms with E-state index in [1.54, 1.807) is 17.5 Å². The lowest BCUT2D eigenvalue weighted by atomic mass is 10.1. The first kappa shape index (κ1) is 17.2. The van der Waals surface area contributed by atoms with Crippen LogP contribution in [0.15, 0.2) is 41.8 Å². The molecule has 0 aliphatic heterocycles. The Morgan fingerprint density at radius 3 is 2.52 bits per heavy atom. The number of halogens is 3. The zero-order chi connectivity index (χ0) is 16.9. The number of Topliss-reactive ketones (excluding diaryl/α,β-unsaturated/α-hetero) is 1. The quantitative estimate of drug-likeness (QED) is 0.770. The SMILES string of the molecule is O=C(CCCC(=O)c1cccs1)Nc1cccc(C(F)(F)F)c1. The van der Waals surface area contributed by atoms with Gasteiger partial charge in [-0.05, 0) is 36.1 Å². The number of nitrogens with one attached hydrogen (secondary N) is 1. The van der Waals surface area contributed by atoms with E-state index in [0.29, 0.717) is 11.3 Å². The van der Waals surface area contributed by atoms with Crippen molar-refractivity contribution in [1.82, 2.24) is 0 Å². The van der Waals surface area contributed by atoms with Crippen LogP contribution in [0.4, 0.5) is 18.9 Å². The smallest absolute Gasteiger partial charge is 0.326 e. The molecule has 122 valence electrons. The van der Waals surface area contributed by atoms with Crippen molar-refractivity contribution < 1.29 is 22.8 Å². The Labute approximate surface area is 135 Å². The lowest BCUT2D eigenvalue weighted by Gasteiger charge is -2.09. The molecule has 2 rings (SSSR count). The summed E-state index contributed by atoms with van der Waals surface area (Å²) in [7, 11) is 0. The normalized spacial score (nSPS) is 11.3.